The van der Waals surface area contributed by atoms with Gasteiger partial charge in [0, 0.05) is 12.1 Å². The van der Waals surface area contributed by atoms with Crippen LogP contribution in [-0.2, 0) is 14.3 Å². The Hall–Kier alpha value is -1.84. The molecule has 1 amide bonds. The summed E-state index contributed by atoms with van der Waals surface area (Å²) in [4.78, 5) is 23.9. The lowest BCUT2D eigenvalue weighted by Crippen LogP contribution is -2.23. The van der Waals surface area contributed by atoms with E-state index in [1.165, 1.54) is 24.8 Å². The van der Waals surface area contributed by atoms with Gasteiger partial charge >= 0.3 is 5.97 Å². The summed E-state index contributed by atoms with van der Waals surface area (Å²) in [6.07, 6.45) is 5.50. The number of rotatable bonds is 6. The van der Waals surface area contributed by atoms with Crippen molar-refractivity contribution >= 4 is 17.6 Å². The second-order valence-electron chi connectivity index (χ2n) is 7.62. The fourth-order valence-corrected chi connectivity index (χ4v) is 4.19. The van der Waals surface area contributed by atoms with Crippen LogP contribution in [0.4, 0.5) is 5.69 Å². The van der Waals surface area contributed by atoms with Crippen molar-refractivity contribution < 1.29 is 14.3 Å². The van der Waals surface area contributed by atoms with Crippen molar-refractivity contribution in [2.24, 2.45) is 17.8 Å². The van der Waals surface area contributed by atoms with E-state index in [-0.39, 0.29) is 18.5 Å². The maximum atomic E-state index is 11.9. The van der Waals surface area contributed by atoms with Gasteiger partial charge in [-0.05, 0) is 60.6 Å². The SMILES string of the molecule is CC(C)c1ccc(NC(=O)COC(=O)C[C@@H]2C[C@H]3CC[C@@H]2C3)cc1. The molecule has 2 saturated carbocycles. The van der Waals surface area contributed by atoms with Crippen molar-refractivity contribution in [2.75, 3.05) is 11.9 Å². The Bertz CT molecular complexity index is 593. The largest absolute Gasteiger partial charge is 0.456 e. The average Bonchev–Trinajstić information content (AvgIpc) is 3.16. The quantitative estimate of drug-likeness (QED) is 0.799. The molecular formula is C20H27NO3. The molecule has 24 heavy (non-hydrogen) atoms. The number of esters is 1. The van der Waals surface area contributed by atoms with Crippen LogP contribution < -0.4 is 5.32 Å². The van der Waals surface area contributed by atoms with Crippen molar-refractivity contribution in [2.45, 2.75) is 51.9 Å². The van der Waals surface area contributed by atoms with Gasteiger partial charge < -0.3 is 10.1 Å². The summed E-state index contributed by atoms with van der Waals surface area (Å²) < 4.78 is 5.16. The standard InChI is InChI=1S/C20H27NO3/c1-13(2)15-5-7-18(8-6-15)21-19(22)12-24-20(23)11-17-10-14-3-4-16(17)9-14/h5-8,13-14,16-17H,3-4,9-12H2,1-2H3,(H,21,22)/t14-,16+,17-/m0/s1. The maximum absolute atomic E-state index is 11.9. The summed E-state index contributed by atoms with van der Waals surface area (Å²) in [6.45, 7) is 4.05. The van der Waals surface area contributed by atoms with Crippen molar-refractivity contribution in [3.8, 4) is 0 Å². The molecule has 0 saturated heterocycles. The Morgan fingerprint density at radius 1 is 1.17 bits per heavy atom. The van der Waals surface area contributed by atoms with E-state index in [9.17, 15) is 9.59 Å². The lowest BCUT2D eigenvalue weighted by Gasteiger charge is -2.20. The lowest BCUT2D eigenvalue weighted by molar-refractivity contribution is -0.148. The molecule has 4 heteroatoms. The summed E-state index contributed by atoms with van der Waals surface area (Å²) >= 11 is 0. The first kappa shape index (κ1) is 17.0. The van der Waals surface area contributed by atoms with Crippen molar-refractivity contribution in [3.63, 3.8) is 0 Å². The van der Waals surface area contributed by atoms with Crippen LogP contribution in [0.25, 0.3) is 0 Å². The van der Waals surface area contributed by atoms with Crippen LogP contribution in [0, 0.1) is 17.8 Å². The minimum Gasteiger partial charge on any atom is -0.456 e. The average molecular weight is 329 g/mol. The molecule has 4 nitrogen and oxygen atoms in total. The highest BCUT2D eigenvalue weighted by molar-refractivity contribution is 5.92. The third kappa shape index (κ3) is 4.16. The smallest absolute Gasteiger partial charge is 0.306 e. The van der Waals surface area contributed by atoms with Crippen molar-refractivity contribution in [1.29, 1.82) is 0 Å². The fraction of sp³-hybridized carbons (Fsp3) is 0.600. The summed E-state index contributed by atoms with van der Waals surface area (Å²) in [5.74, 6) is 1.94. The van der Waals surface area contributed by atoms with E-state index in [0.717, 1.165) is 18.0 Å². The number of ether oxygens (including phenoxy) is 1. The van der Waals surface area contributed by atoms with E-state index in [1.54, 1.807) is 0 Å². The molecule has 0 aliphatic heterocycles. The number of hydrogen-bond donors (Lipinski definition) is 1. The number of anilines is 1. The Morgan fingerprint density at radius 2 is 1.92 bits per heavy atom. The van der Waals surface area contributed by atoms with E-state index < -0.39 is 0 Å². The van der Waals surface area contributed by atoms with Gasteiger partial charge in [-0.25, -0.2) is 0 Å². The van der Waals surface area contributed by atoms with Gasteiger partial charge in [0.25, 0.3) is 5.91 Å². The van der Waals surface area contributed by atoms with Gasteiger partial charge in [-0.2, -0.15) is 0 Å². The van der Waals surface area contributed by atoms with E-state index in [2.05, 4.69) is 19.2 Å². The van der Waals surface area contributed by atoms with Gasteiger partial charge in [0.1, 0.15) is 0 Å². The number of fused-ring (bicyclic) bond motifs is 2. The first-order valence-corrected chi connectivity index (χ1v) is 9.06. The van der Waals surface area contributed by atoms with Gasteiger partial charge in [0.05, 0.1) is 0 Å². The summed E-state index contributed by atoms with van der Waals surface area (Å²) in [6, 6.07) is 7.76. The molecule has 0 unspecified atom stereocenters. The Balaban J connectivity index is 1.39. The molecular weight excluding hydrogens is 302 g/mol. The zero-order valence-corrected chi connectivity index (χ0v) is 14.6. The van der Waals surface area contributed by atoms with Crippen molar-refractivity contribution in [1.82, 2.24) is 0 Å². The van der Waals surface area contributed by atoms with Gasteiger partial charge in [-0.1, -0.05) is 32.4 Å². The highest BCUT2D eigenvalue weighted by Gasteiger charge is 2.40. The van der Waals surface area contributed by atoms with Gasteiger partial charge in [0.2, 0.25) is 0 Å². The zero-order chi connectivity index (χ0) is 17.1. The van der Waals surface area contributed by atoms with Crippen LogP contribution in [0.3, 0.4) is 0 Å². The molecule has 3 rings (SSSR count). The number of nitrogens with one attached hydrogen (secondary N) is 1. The van der Waals surface area contributed by atoms with Crippen LogP contribution in [0.2, 0.25) is 0 Å². The Labute approximate surface area is 144 Å². The van der Waals surface area contributed by atoms with Crippen LogP contribution in [0.5, 0.6) is 0 Å². The van der Waals surface area contributed by atoms with Gasteiger partial charge in [-0.15, -0.1) is 0 Å². The molecule has 2 aliphatic rings. The monoisotopic (exact) mass is 329 g/mol. The molecule has 2 bridgehead atoms. The third-order valence-electron chi connectivity index (χ3n) is 5.54. The Morgan fingerprint density at radius 3 is 2.50 bits per heavy atom. The number of carbonyl (C=O) groups excluding carboxylic acids is 2. The van der Waals surface area contributed by atoms with E-state index in [1.807, 2.05) is 24.3 Å². The minimum atomic E-state index is -0.284. The predicted molar refractivity (Wildman–Crippen MR) is 93.7 cm³/mol. The molecule has 2 aliphatic carbocycles. The summed E-state index contributed by atoms with van der Waals surface area (Å²) in [5.41, 5.74) is 1.96. The second kappa shape index (κ2) is 7.37. The van der Waals surface area contributed by atoms with Crippen LogP contribution in [-0.4, -0.2) is 18.5 Å². The van der Waals surface area contributed by atoms with Crippen molar-refractivity contribution in [3.05, 3.63) is 29.8 Å². The topological polar surface area (TPSA) is 55.4 Å². The summed E-state index contributed by atoms with van der Waals surface area (Å²) in [7, 11) is 0. The molecule has 0 radical (unpaired) electrons. The molecule has 0 spiro atoms. The van der Waals surface area contributed by atoms with E-state index >= 15 is 0 Å². The minimum absolute atomic E-state index is 0.203. The first-order chi connectivity index (χ1) is 11.5. The Kier molecular flexibility index (Phi) is 5.22. The first-order valence-electron chi connectivity index (χ1n) is 9.06. The van der Waals surface area contributed by atoms with Crippen LogP contribution in [0.1, 0.15) is 57.4 Å². The third-order valence-corrected chi connectivity index (χ3v) is 5.54. The molecule has 3 atom stereocenters. The zero-order valence-electron chi connectivity index (χ0n) is 14.6. The predicted octanol–water partition coefficient (Wildman–Crippen LogP) is 4.12. The molecule has 2 fully saturated rings. The number of benzene rings is 1. The van der Waals surface area contributed by atoms with Crippen LogP contribution >= 0.6 is 0 Å². The summed E-state index contributed by atoms with van der Waals surface area (Å²) in [5, 5.41) is 2.77. The molecule has 0 aromatic heterocycles. The number of amides is 1. The van der Waals surface area contributed by atoms with Crippen LogP contribution in [0.15, 0.2) is 24.3 Å². The highest BCUT2D eigenvalue weighted by Crippen LogP contribution is 2.49. The maximum Gasteiger partial charge on any atom is 0.306 e. The number of carbonyl (C=O) groups is 2. The molecule has 1 aromatic rings. The highest BCUT2D eigenvalue weighted by atomic mass is 16.5. The lowest BCUT2D eigenvalue weighted by atomic mass is 9.86. The fourth-order valence-electron chi connectivity index (χ4n) is 4.19. The molecule has 1 N–H and O–H groups in total. The second-order valence-corrected chi connectivity index (χ2v) is 7.62. The molecule has 0 heterocycles. The molecule has 130 valence electrons. The normalized spacial score (nSPS) is 25.0. The molecule has 1 aromatic carbocycles. The van der Waals surface area contributed by atoms with E-state index in [4.69, 9.17) is 4.74 Å². The number of hydrogen-bond acceptors (Lipinski definition) is 3. The van der Waals surface area contributed by atoms with Gasteiger partial charge in [-0.3, -0.25) is 9.59 Å². The van der Waals surface area contributed by atoms with E-state index in [0.29, 0.717) is 24.2 Å². The van der Waals surface area contributed by atoms with Gasteiger partial charge in [0.15, 0.2) is 6.61 Å².